The van der Waals surface area contributed by atoms with E-state index in [4.69, 9.17) is 0 Å². The summed E-state index contributed by atoms with van der Waals surface area (Å²) in [5.41, 5.74) is 0.427. The molecule has 0 aromatic heterocycles. The summed E-state index contributed by atoms with van der Waals surface area (Å²) in [7, 11) is 0. The van der Waals surface area contributed by atoms with Gasteiger partial charge in [-0.15, -0.1) is 0 Å². The number of piperazine rings is 1. The van der Waals surface area contributed by atoms with Gasteiger partial charge in [0.2, 0.25) is 0 Å². The van der Waals surface area contributed by atoms with Crippen molar-refractivity contribution in [3.8, 4) is 0 Å². The second kappa shape index (κ2) is 5.13. The second-order valence-electron chi connectivity index (χ2n) is 7.36. The smallest absolute Gasteiger partial charge is 0.0309 e. The Balaban J connectivity index is 1.61. The Hall–Kier alpha value is -0.0800. The van der Waals surface area contributed by atoms with Crippen molar-refractivity contribution in [3.63, 3.8) is 0 Å². The van der Waals surface area contributed by atoms with Gasteiger partial charge in [0.15, 0.2) is 0 Å². The Labute approximate surface area is 113 Å². The largest absolute Gasteiger partial charge is 0.309 e. The van der Waals surface area contributed by atoms with Gasteiger partial charge in [-0.1, -0.05) is 19.8 Å². The highest BCUT2D eigenvalue weighted by molar-refractivity contribution is 5.03. The van der Waals surface area contributed by atoms with Crippen LogP contribution in [0.4, 0.5) is 0 Å². The average Bonchev–Trinajstić information content (AvgIpc) is 3.16. The predicted molar refractivity (Wildman–Crippen MR) is 76.7 cm³/mol. The molecule has 104 valence electrons. The lowest BCUT2D eigenvalue weighted by atomic mass is 9.91. The van der Waals surface area contributed by atoms with Crippen LogP contribution in [0.15, 0.2) is 0 Å². The van der Waals surface area contributed by atoms with E-state index in [1.807, 2.05) is 0 Å². The van der Waals surface area contributed by atoms with Crippen molar-refractivity contribution in [3.05, 3.63) is 0 Å². The monoisotopic (exact) mass is 250 g/mol. The first kappa shape index (κ1) is 12.9. The maximum atomic E-state index is 3.81. The molecule has 0 amide bonds. The van der Waals surface area contributed by atoms with E-state index in [1.165, 1.54) is 64.6 Å². The zero-order chi connectivity index (χ0) is 12.6. The number of nitrogens with one attached hydrogen (secondary N) is 1. The number of rotatable bonds is 2. The fraction of sp³-hybridized carbons (Fsp3) is 1.00. The van der Waals surface area contributed by atoms with E-state index in [2.05, 4.69) is 24.1 Å². The Morgan fingerprint density at radius 2 is 1.89 bits per heavy atom. The number of hydrogen-bond donors (Lipinski definition) is 1. The fourth-order valence-electron chi connectivity index (χ4n) is 4.18. The lowest BCUT2D eigenvalue weighted by Gasteiger charge is -2.45. The average molecular weight is 250 g/mol. The lowest BCUT2D eigenvalue weighted by Crippen LogP contribution is -2.61. The first-order valence-corrected chi connectivity index (χ1v) is 8.16. The minimum absolute atomic E-state index is 0.427. The summed E-state index contributed by atoms with van der Waals surface area (Å²) in [6.45, 7) is 8.70. The third kappa shape index (κ3) is 2.75. The van der Waals surface area contributed by atoms with Crippen LogP contribution >= 0.6 is 0 Å². The van der Waals surface area contributed by atoms with Crippen LogP contribution in [-0.2, 0) is 0 Å². The van der Waals surface area contributed by atoms with Gasteiger partial charge in [0.1, 0.15) is 0 Å². The van der Waals surface area contributed by atoms with E-state index in [1.54, 1.807) is 0 Å². The van der Waals surface area contributed by atoms with Gasteiger partial charge in [-0.25, -0.2) is 0 Å². The zero-order valence-electron chi connectivity index (χ0n) is 12.3. The summed E-state index contributed by atoms with van der Waals surface area (Å²) in [5, 5.41) is 3.81. The molecule has 1 heterocycles. The standard InChI is InChI=1S/C16H30N2/c1-13-4-3-5-15(9-6-13)18-11-10-17-16(2,12-18)14-7-8-14/h13-15,17H,3-12H2,1-2H3. The van der Waals surface area contributed by atoms with Crippen molar-refractivity contribution in [2.24, 2.45) is 11.8 Å². The van der Waals surface area contributed by atoms with Gasteiger partial charge < -0.3 is 5.32 Å². The molecule has 1 aliphatic heterocycles. The topological polar surface area (TPSA) is 15.3 Å². The number of nitrogens with zero attached hydrogens (tertiary/aromatic N) is 1. The first-order valence-electron chi connectivity index (χ1n) is 8.16. The van der Waals surface area contributed by atoms with Gasteiger partial charge in [0.25, 0.3) is 0 Å². The molecule has 0 aromatic carbocycles. The Kier molecular flexibility index (Phi) is 3.68. The Morgan fingerprint density at radius 1 is 1.06 bits per heavy atom. The molecule has 0 radical (unpaired) electrons. The minimum atomic E-state index is 0.427. The van der Waals surface area contributed by atoms with Crippen LogP contribution in [0.5, 0.6) is 0 Å². The van der Waals surface area contributed by atoms with Crippen LogP contribution in [0.3, 0.4) is 0 Å². The third-order valence-electron chi connectivity index (χ3n) is 5.68. The van der Waals surface area contributed by atoms with Crippen molar-refractivity contribution in [1.29, 1.82) is 0 Å². The van der Waals surface area contributed by atoms with E-state index in [0.717, 1.165) is 17.9 Å². The predicted octanol–water partition coefficient (Wildman–Crippen LogP) is 3.03. The Bertz CT molecular complexity index is 287. The van der Waals surface area contributed by atoms with Crippen LogP contribution in [0.25, 0.3) is 0 Å². The van der Waals surface area contributed by atoms with Crippen LogP contribution < -0.4 is 5.32 Å². The van der Waals surface area contributed by atoms with Gasteiger partial charge in [-0.2, -0.15) is 0 Å². The summed E-state index contributed by atoms with van der Waals surface area (Å²) in [6, 6.07) is 0.884. The van der Waals surface area contributed by atoms with E-state index in [9.17, 15) is 0 Å². The molecule has 3 atom stereocenters. The normalized spacial score (nSPS) is 43.7. The molecule has 0 spiro atoms. The third-order valence-corrected chi connectivity index (χ3v) is 5.68. The molecule has 3 fully saturated rings. The van der Waals surface area contributed by atoms with E-state index >= 15 is 0 Å². The molecule has 2 saturated carbocycles. The van der Waals surface area contributed by atoms with Gasteiger partial charge in [-0.05, 0) is 50.9 Å². The molecule has 3 rings (SSSR count). The highest BCUT2D eigenvalue weighted by Gasteiger charge is 2.44. The van der Waals surface area contributed by atoms with Crippen molar-refractivity contribution >= 4 is 0 Å². The fourth-order valence-corrected chi connectivity index (χ4v) is 4.18. The van der Waals surface area contributed by atoms with Crippen LogP contribution in [0.1, 0.15) is 58.8 Å². The molecule has 1 saturated heterocycles. The molecule has 2 aliphatic carbocycles. The molecule has 18 heavy (non-hydrogen) atoms. The van der Waals surface area contributed by atoms with Crippen molar-refractivity contribution < 1.29 is 0 Å². The van der Waals surface area contributed by atoms with E-state index in [0.29, 0.717) is 5.54 Å². The summed E-state index contributed by atoms with van der Waals surface area (Å²) < 4.78 is 0. The van der Waals surface area contributed by atoms with Crippen LogP contribution in [0, 0.1) is 11.8 Å². The van der Waals surface area contributed by atoms with Gasteiger partial charge in [-0.3, -0.25) is 4.90 Å². The minimum Gasteiger partial charge on any atom is -0.309 e. The van der Waals surface area contributed by atoms with Crippen LogP contribution in [0.2, 0.25) is 0 Å². The van der Waals surface area contributed by atoms with Crippen molar-refractivity contribution in [2.75, 3.05) is 19.6 Å². The maximum absolute atomic E-state index is 3.81. The summed E-state index contributed by atoms with van der Waals surface area (Å²) in [4.78, 5) is 2.83. The second-order valence-corrected chi connectivity index (χ2v) is 7.36. The first-order chi connectivity index (χ1) is 8.67. The Morgan fingerprint density at radius 3 is 2.67 bits per heavy atom. The quantitative estimate of drug-likeness (QED) is 0.758. The highest BCUT2D eigenvalue weighted by Crippen LogP contribution is 2.41. The van der Waals surface area contributed by atoms with Gasteiger partial charge in [0, 0.05) is 31.2 Å². The molecule has 3 aliphatic rings. The van der Waals surface area contributed by atoms with Crippen LogP contribution in [-0.4, -0.2) is 36.1 Å². The van der Waals surface area contributed by atoms with Gasteiger partial charge >= 0.3 is 0 Å². The molecule has 3 unspecified atom stereocenters. The molecular weight excluding hydrogens is 220 g/mol. The molecular formula is C16H30N2. The highest BCUT2D eigenvalue weighted by atomic mass is 15.2. The molecule has 2 nitrogen and oxygen atoms in total. The lowest BCUT2D eigenvalue weighted by molar-refractivity contribution is 0.0806. The SMILES string of the molecule is CC1CCCC(N2CCNC(C)(C3CC3)C2)CC1. The summed E-state index contributed by atoms with van der Waals surface area (Å²) in [6.07, 6.45) is 10.2. The van der Waals surface area contributed by atoms with Gasteiger partial charge in [0.05, 0.1) is 0 Å². The number of hydrogen-bond acceptors (Lipinski definition) is 2. The molecule has 2 heteroatoms. The molecule has 0 bridgehead atoms. The molecule has 1 N–H and O–H groups in total. The maximum Gasteiger partial charge on any atom is 0.0309 e. The zero-order valence-corrected chi connectivity index (χ0v) is 12.3. The van der Waals surface area contributed by atoms with Crippen molar-refractivity contribution in [2.45, 2.75) is 70.4 Å². The van der Waals surface area contributed by atoms with E-state index in [-0.39, 0.29) is 0 Å². The molecule has 0 aromatic rings. The van der Waals surface area contributed by atoms with Crippen molar-refractivity contribution in [1.82, 2.24) is 10.2 Å². The summed E-state index contributed by atoms with van der Waals surface area (Å²) >= 11 is 0. The summed E-state index contributed by atoms with van der Waals surface area (Å²) in [5.74, 6) is 1.93. The van der Waals surface area contributed by atoms with E-state index < -0.39 is 0 Å².